The van der Waals surface area contributed by atoms with Crippen molar-refractivity contribution in [1.29, 1.82) is 0 Å². The Morgan fingerprint density at radius 1 is 1.44 bits per heavy atom. The number of halogens is 1. The third-order valence-corrected chi connectivity index (χ3v) is 4.53. The molecule has 1 fully saturated rings. The third kappa shape index (κ3) is 3.34. The van der Waals surface area contributed by atoms with Crippen LogP contribution in [0.5, 0.6) is 0 Å². The molecule has 0 aliphatic heterocycles. The fourth-order valence-electron chi connectivity index (χ4n) is 2.25. The number of carbonyl (C=O) groups excluding carboxylic acids is 1. The number of carbonyl (C=O) groups is 1. The molecule has 1 aromatic heterocycles. The van der Waals surface area contributed by atoms with Crippen LogP contribution < -0.4 is 0 Å². The van der Waals surface area contributed by atoms with Crippen LogP contribution in [0.1, 0.15) is 43.3 Å². The Bertz CT molecular complexity index is 425. The predicted molar refractivity (Wildman–Crippen MR) is 77.7 cm³/mol. The Balaban J connectivity index is 2.07. The summed E-state index contributed by atoms with van der Waals surface area (Å²) in [6.45, 7) is 7.43. The lowest BCUT2D eigenvalue weighted by atomic mass is 10.1. The number of nitrogens with zero attached hydrogens (tertiary/aromatic N) is 1. The molecule has 2 rings (SSSR count). The highest BCUT2D eigenvalue weighted by Crippen LogP contribution is 2.31. The molecule has 1 saturated carbocycles. The summed E-state index contributed by atoms with van der Waals surface area (Å²) in [7, 11) is 0. The van der Waals surface area contributed by atoms with Crippen molar-refractivity contribution in [3.05, 3.63) is 21.3 Å². The summed E-state index contributed by atoms with van der Waals surface area (Å²) in [4.78, 5) is 15.6. The van der Waals surface area contributed by atoms with Crippen molar-refractivity contribution >= 4 is 28.7 Å². The quantitative estimate of drug-likeness (QED) is 0.734. The van der Waals surface area contributed by atoms with Gasteiger partial charge in [-0.25, -0.2) is 0 Å². The van der Waals surface area contributed by atoms with E-state index < -0.39 is 0 Å². The summed E-state index contributed by atoms with van der Waals surface area (Å²) in [5.74, 6) is 0.798. The predicted octanol–water partition coefficient (Wildman–Crippen LogP) is 4.09. The Morgan fingerprint density at radius 3 is 2.56 bits per heavy atom. The summed E-state index contributed by atoms with van der Waals surface area (Å²) in [5, 5.41) is 0. The minimum absolute atomic E-state index is 0.0328. The number of Topliss-reactive ketones (excluding diaryl/α,β-unsaturated/α-hetero) is 1. The molecule has 1 aromatic rings. The first kappa shape index (κ1) is 14.0. The molecular formula is C14H20ClNOS. The van der Waals surface area contributed by atoms with Gasteiger partial charge < -0.3 is 0 Å². The van der Waals surface area contributed by atoms with E-state index in [1.165, 1.54) is 24.2 Å². The van der Waals surface area contributed by atoms with Crippen LogP contribution in [0.25, 0.3) is 0 Å². The Hall–Kier alpha value is -0.380. The molecule has 18 heavy (non-hydrogen) atoms. The normalized spacial score (nSPS) is 17.4. The zero-order valence-electron chi connectivity index (χ0n) is 11.1. The number of hydrogen-bond acceptors (Lipinski definition) is 3. The molecule has 1 heterocycles. The van der Waals surface area contributed by atoms with Crippen LogP contribution in [-0.2, 0) is 0 Å². The summed E-state index contributed by atoms with van der Waals surface area (Å²) in [6.07, 6.45) is 2.46. The fraction of sp³-hybridized carbons (Fsp3) is 0.643. The van der Waals surface area contributed by atoms with Crippen molar-refractivity contribution in [2.24, 2.45) is 5.92 Å². The van der Waals surface area contributed by atoms with Gasteiger partial charge in [-0.05, 0) is 37.8 Å². The van der Waals surface area contributed by atoms with Crippen LogP contribution in [0.3, 0.4) is 0 Å². The van der Waals surface area contributed by atoms with Gasteiger partial charge in [0.15, 0.2) is 5.78 Å². The van der Waals surface area contributed by atoms with Gasteiger partial charge in [0.25, 0.3) is 0 Å². The van der Waals surface area contributed by atoms with Gasteiger partial charge in [0.1, 0.15) is 0 Å². The molecule has 2 nitrogen and oxygen atoms in total. The van der Waals surface area contributed by atoms with Crippen molar-refractivity contribution in [2.75, 3.05) is 6.54 Å². The lowest BCUT2D eigenvalue weighted by Gasteiger charge is -2.29. The van der Waals surface area contributed by atoms with Gasteiger partial charge in [-0.2, -0.15) is 0 Å². The topological polar surface area (TPSA) is 20.3 Å². The van der Waals surface area contributed by atoms with E-state index in [4.69, 9.17) is 11.6 Å². The third-order valence-electron chi connectivity index (χ3n) is 3.28. The zero-order valence-corrected chi connectivity index (χ0v) is 12.7. The van der Waals surface area contributed by atoms with E-state index in [9.17, 15) is 4.79 Å². The summed E-state index contributed by atoms with van der Waals surface area (Å²) >= 11 is 7.28. The smallest absolute Gasteiger partial charge is 0.189 e. The van der Waals surface area contributed by atoms with Crippen LogP contribution >= 0.6 is 22.9 Å². The molecule has 0 saturated heterocycles. The molecule has 1 aliphatic carbocycles. The second-order valence-corrected chi connectivity index (χ2v) is 7.18. The lowest BCUT2D eigenvalue weighted by molar-refractivity contribution is 0.0812. The van der Waals surface area contributed by atoms with E-state index in [1.54, 1.807) is 6.07 Å². The standard InChI is InChI=1S/C14H20ClNOS/c1-9(2)8-16(11-4-5-11)10(3)14(17)12-6-7-13(15)18-12/h6-7,9-11H,4-5,8H2,1-3H3. The Morgan fingerprint density at radius 2 is 2.11 bits per heavy atom. The summed E-state index contributed by atoms with van der Waals surface area (Å²) < 4.78 is 0.687. The van der Waals surface area contributed by atoms with E-state index in [0.29, 0.717) is 16.3 Å². The van der Waals surface area contributed by atoms with Crippen LogP contribution in [-0.4, -0.2) is 29.3 Å². The van der Waals surface area contributed by atoms with Crippen LogP contribution in [0.15, 0.2) is 12.1 Å². The van der Waals surface area contributed by atoms with Gasteiger partial charge in [-0.1, -0.05) is 25.4 Å². The number of ketones is 1. The first-order valence-corrected chi connectivity index (χ1v) is 7.73. The van der Waals surface area contributed by atoms with Gasteiger partial charge in [0.2, 0.25) is 0 Å². The van der Waals surface area contributed by atoms with Gasteiger partial charge in [-0.3, -0.25) is 9.69 Å². The van der Waals surface area contributed by atoms with Gasteiger partial charge in [-0.15, -0.1) is 11.3 Å². The molecule has 0 aromatic carbocycles. The van der Waals surface area contributed by atoms with Crippen molar-refractivity contribution < 1.29 is 4.79 Å². The molecule has 4 heteroatoms. The van der Waals surface area contributed by atoms with E-state index in [1.807, 2.05) is 13.0 Å². The summed E-state index contributed by atoms with van der Waals surface area (Å²) in [6, 6.07) is 4.22. The van der Waals surface area contributed by atoms with Crippen molar-refractivity contribution in [1.82, 2.24) is 4.90 Å². The SMILES string of the molecule is CC(C)CN(C1CC1)C(C)C(=O)c1ccc(Cl)s1. The second kappa shape index (κ2) is 5.72. The minimum atomic E-state index is -0.0328. The highest BCUT2D eigenvalue weighted by Gasteiger charge is 2.35. The van der Waals surface area contributed by atoms with E-state index >= 15 is 0 Å². The van der Waals surface area contributed by atoms with Crippen molar-refractivity contribution in [3.8, 4) is 0 Å². The maximum Gasteiger partial charge on any atom is 0.189 e. The van der Waals surface area contributed by atoms with Crippen LogP contribution in [0.2, 0.25) is 4.34 Å². The minimum Gasteiger partial charge on any atom is -0.291 e. The highest BCUT2D eigenvalue weighted by atomic mass is 35.5. The van der Waals surface area contributed by atoms with Crippen LogP contribution in [0.4, 0.5) is 0 Å². The zero-order chi connectivity index (χ0) is 13.3. The first-order chi connectivity index (χ1) is 8.49. The van der Waals surface area contributed by atoms with E-state index in [-0.39, 0.29) is 11.8 Å². The van der Waals surface area contributed by atoms with E-state index in [0.717, 1.165) is 11.4 Å². The van der Waals surface area contributed by atoms with Crippen LogP contribution in [0, 0.1) is 5.92 Å². The molecule has 0 bridgehead atoms. The molecule has 0 spiro atoms. The average Bonchev–Trinajstić information content (AvgIpc) is 3.06. The number of thiophene rings is 1. The van der Waals surface area contributed by atoms with Gasteiger partial charge in [0, 0.05) is 12.6 Å². The molecule has 1 unspecified atom stereocenters. The van der Waals surface area contributed by atoms with Gasteiger partial charge >= 0.3 is 0 Å². The average molecular weight is 286 g/mol. The van der Waals surface area contributed by atoms with Crippen molar-refractivity contribution in [3.63, 3.8) is 0 Å². The molecule has 1 aliphatic rings. The molecule has 0 radical (unpaired) electrons. The Labute approximate surface area is 118 Å². The Kier molecular flexibility index (Phi) is 4.46. The van der Waals surface area contributed by atoms with Crippen molar-refractivity contribution in [2.45, 2.75) is 45.7 Å². The first-order valence-electron chi connectivity index (χ1n) is 6.54. The molecule has 1 atom stereocenters. The summed E-state index contributed by atoms with van der Waals surface area (Å²) in [5.41, 5.74) is 0. The molecule has 100 valence electrons. The maximum atomic E-state index is 12.4. The molecular weight excluding hydrogens is 266 g/mol. The lowest BCUT2D eigenvalue weighted by Crippen LogP contribution is -2.42. The molecule has 0 amide bonds. The molecule has 0 N–H and O–H groups in total. The maximum absolute atomic E-state index is 12.4. The van der Waals surface area contributed by atoms with E-state index in [2.05, 4.69) is 18.7 Å². The number of rotatable bonds is 6. The highest BCUT2D eigenvalue weighted by molar-refractivity contribution is 7.18. The monoisotopic (exact) mass is 285 g/mol. The number of hydrogen-bond donors (Lipinski definition) is 0. The second-order valence-electron chi connectivity index (χ2n) is 5.47. The fourth-order valence-corrected chi connectivity index (χ4v) is 3.32. The largest absolute Gasteiger partial charge is 0.291 e. The van der Waals surface area contributed by atoms with Gasteiger partial charge in [0.05, 0.1) is 15.3 Å².